The lowest BCUT2D eigenvalue weighted by Crippen LogP contribution is -2.60. The van der Waals surface area contributed by atoms with Gasteiger partial charge in [-0.3, -0.25) is 0 Å². The molecule has 0 saturated heterocycles. The van der Waals surface area contributed by atoms with Crippen molar-refractivity contribution in [3.8, 4) is 0 Å². The summed E-state index contributed by atoms with van der Waals surface area (Å²) in [4.78, 5) is 0. The maximum absolute atomic E-state index is 12.2. The lowest BCUT2D eigenvalue weighted by atomic mass is 9.43. The van der Waals surface area contributed by atoms with Crippen molar-refractivity contribution in [2.24, 2.45) is 52.3 Å². The Labute approximate surface area is 233 Å². The Balaban J connectivity index is 1.47. The highest BCUT2D eigenvalue weighted by Gasteiger charge is 2.63. The van der Waals surface area contributed by atoms with Crippen LogP contribution in [0, 0.1) is 52.3 Å². The average Bonchev–Trinajstić information content (AvgIpc) is 3.17. The summed E-state index contributed by atoms with van der Waals surface area (Å²) in [7, 11) is 0. The molecule has 1 N–H and O–H groups in total. The average molecular weight is 537 g/mol. The van der Waals surface area contributed by atoms with Crippen LogP contribution in [-0.2, 0) is 0 Å². The zero-order chi connectivity index (χ0) is 26.4. The summed E-state index contributed by atoms with van der Waals surface area (Å²) in [5, 5.41) is 12.2. The second-order valence-corrected chi connectivity index (χ2v) is 18.4. The van der Waals surface area contributed by atoms with Gasteiger partial charge in [0.25, 0.3) is 0 Å². The highest BCUT2D eigenvalue weighted by atomic mass is 32.2. The minimum atomic E-state index is -0.515. The third-order valence-electron chi connectivity index (χ3n) is 12.6. The number of rotatable bonds is 10. The number of aliphatic hydroxyl groups is 1. The first-order valence-electron chi connectivity index (χ1n) is 15.9. The van der Waals surface area contributed by atoms with Crippen LogP contribution in [0.5, 0.6) is 0 Å². The largest absolute Gasteiger partial charge is 0.388 e. The molecular weight excluding hydrogens is 476 g/mol. The van der Waals surface area contributed by atoms with Crippen LogP contribution < -0.4 is 0 Å². The molecule has 36 heavy (non-hydrogen) atoms. The van der Waals surface area contributed by atoms with Crippen molar-refractivity contribution in [2.75, 3.05) is 11.5 Å². The standard InChI is InChI=1S/C33H60OS2/c1-9-35-32(8,36-10-2)33(34)21-20-30(6)25(22-33)14-15-26-28-17-16-27(24(5)13-11-12-23(3)4)31(28,7)19-18-29(26)30/h23-29,34H,9-22H2,1-8H3/t24-,25+,26+,27-,28+,29+,30+,31-,33-/m1/s1. The van der Waals surface area contributed by atoms with Crippen LogP contribution in [0.25, 0.3) is 0 Å². The predicted octanol–water partition coefficient (Wildman–Crippen LogP) is 10.1. The minimum Gasteiger partial charge on any atom is -0.388 e. The van der Waals surface area contributed by atoms with E-state index in [4.69, 9.17) is 0 Å². The Morgan fingerprint density at radius 2 is 1.50 bits per heavy atom. The summed E-state index contributed by atoms with van der Waals surface area (Å²) < 4.78 is -0.0653. The Bertz CT molecular complexity index is 731. The fraction of sp³-hybridized carbons (Fsp3) is 1.00. The van der Waals surface area contributed by atoms with E-state index in [0.29, 0.717) is 16.7 Å². The third-order valence-corrected chi connectivity index (χ3v) is 15.8. The van der Waals surface area contributed by atoms with Gasteiger partial charge >= 0.3 is 0 Å². The lowest BCUT2D eigenvalue weighted by Gasteiger charge is -2.63. The summed E-state index contributed by atoms with van der Waals surface area (Å²) in [6.07, 6.45) is 16.3. The van der Waals surface area contributed by atoms with E-state index in [1.165, 1.54) is 64.2 Å². The van der Waals surface area contributed by atoms with E-state index in [2.05, 4.69) is 55.4 Å². The van der Waals surface area contributed by atoms with E-state index in [1.54, 1.807) is 0 Å². The summed E-state index contributed by atoms with van der Waals surface area (Å²) >= 11 is 4.01. The Morgan fingerprint density at radius 3 is 2.14 bits per heavy atom. The normalized spacial score (nSPS) is 43.7. The topological polar surface area (TPSA) is 20.2 Å². The number of fused-ring (bicyclic) bond motifs is 5. The van der Waals surface area contributed by atoms with E-state index >= 15 is 0 Å². The Hall–Kier alpha value is 0.660. The first-order valence-corrected chi connectivity index (χ1v) is 17.9. The van der Waals surface area contributed by atoms with Gasteiger partial charge < -0.3 is 5.11 Å². The molecule has 0 unspecified atom stereocenters. The molecule has 0 amide bonds. The predicted molar refractivity (Wildman–Crippen MR) is 163 cm³/mol. The van der Waals surface area contributed by atoms with Gasteiger partial charge in [-0.25, -0.2) is 0 Å². The Morgan fingerprint density at radius 1 is 0.833 bits per heavy atom. The van der Waals surface area contributed by atoms with Crippen LogP contribution in [0.15, 0.2) is 0 Å². The molecule has 1 nitrogen and oxygen atoms in total. The van der Waals surface area contributed by atoms with Gasteiger partial charge in [-0.2, -0.15) is 0 Å². The first kappa shape index (κ1) is 29.6. The molecule has 0 bridgehead atoms. The molecule has 4 aliphatic rings. The van der Waals surface area contributed by atoms with Crippen molar-refractivity contribution in [3.05, 3.63) is 0 Å². The monoisotopic (exact) mass is 536 g/mol. The third kappa shape index (κ3) is 5.11. The van der Waals surface area contributed by atoms with Gasteiger partial charge in [0.05, 0.1) is 9.68 Å². The van der Waals surface area contributed by atoms with Crippen molar-refractivity contribution < 1.29 is 5.11 Å². The quantitative estimate of drug-likeness (QED) is 0.280. The molecule has 210 valence electrons. The smallest absolute Gasteiger partial charge is 0.0885 e. The Kier molecular flexibility index (Phi) is 9.28. The highest BCUT2D eigenvalue weighted by molar-refractivity contribution is 8.18. The van der Waals surface area contributed by atoms with Crippen molar-refractivity contribution in [2.45, 2.75) is 142 Å². The fourth-order valence-corrected chi connectivity index (χ4v) is 13.6. The van der Waals surface area contributed by atoms with Gasteiger partial charge in [-0.15, -0.1) is 23.5 Å². The molecule has 0 aromatic carbocycles. The highest BCUT2D eigenvalue weighted by Crippen LogP contribution is 2.70. The summed E-state index contributed by atoms with van der Waals surface area (Å²) in [5.41, 5.74) is 0.523. The molecule has 4 aliphatic carbocycles. The molecule has 0 aromatic rings. The van der Waals surface area contributed by atoms with Gasteiger partial charge in [0.15, 0.2) is 0 Å². The number of thioether (sulfide) groups is 2. The fourth-order valence-electron chi connectivity index (χ4n) is 10.5. The van der Waals surface area contributed by atoms with Crippen molar-refractivity contribution >= 4 is 23.5 Å². The van der Waals surface area contributed by atoms with Crippen molar-refractivity contribution in [3.63, 3.8) is 0 Å². The van der Waals surface area contributed by atoms with Crippen LogP contribution >= 0.6 is 23.5 Å². The molecule has 0 aromatic heterocycles. The summed E-state index contributed by atoms with van der Waals surface area (Å²) in [5.74, 6) is 8.41. The van der Waals surface area contributed by atoms with E-state index in [-0.39, 0.29) is 4.08 Å². The number of hydrogen-bond donors (Lipinski definition) is 1. The van der Waals surface area contributed by atoms with E-state index in [9.17, 15) is 5.11 Å². The maximum Gasteiger partial charge on any atom is 0.0885 e. The van der Waals surface area contributed by atoms with Gasteiger partial charge in [-0.1, -0.05) is 67.7 Å². The van der Waals surface area contributed by atoms with Crippen LogP contribution in [-0.4, -0.2) is 26.3 Å². The van der Waals surface area contributed by atoms with E-state index < -0.39 is 5.60 Å². The summed E-state index contributed by atoms with van der Waals surface area (Å²) in [6.45, 7) is 19.7. The first-order chi connectivity index (χ1) is 16.9. The molecule has 0 spiro atoms. The molecule has 0 aliphatic heterocycles. The SMILES string of the molecule is CCSC(C)(SCC)[C@@]1(O)CC[C@@]2(C)[C@@H](CC[C@@H]3[C@@H]2CC[C@]2(C)[C@@H]([C@H](C)CCCC(C)C)CC[C@@H]32)C1. The van der Waals surface area contributed by atoms with E-state index in [0.717, 1.165) is 59.9 Å². The van der Waals surface area contributed by atoms with Gasteiger partial charge in [0, 0.05) is 0 Å². The second kappa shape index (κ2) is 11.3. The second-order valence-electron chi connectivity index (χ2n) is 14.7. The number of hydrogen-bond acceptors (Lipinski definition) is 3. The minimum absolute atomic E-state index is 0.0653. The molecule has 0 heterocycles. The zero-order valence-corrected chi connectivity index (χ0v) is 26.8. The van der Waals surface area contributed by atoms with E-state index in [1.807, 2.05) is 23.5 Å². The van der Waals surface area contributed by atoms with Crippen LogP contribution in [0.2, 0.25) is 0 Å². The molecule has 4 saturated carbocycles. The van der Waals surface area contributed by atoms with Crippen molar-refractivity contribution in [1.29, 1.82) is 0 Å². The van der Waals surface area contributed by atoms with Gasteiger partial charge in [-0.05, 0) is 128 Å². The van der Waals surface area contributed by atoms with Crippen LogP contribution in [0.3, 0.4) is 0 Å². The lowest BCUT2D eigenvalue weighted by molar-refractivity contribution is -0.153. The molecule has 0 radical (unpaired) electrons. The molecule has 3 heteroatoms. The van der Waals surface area contributed by atoms with Crippen LogP contribution in [0.4, 0.5) is 0 Å². The van der Waals surface area contributed by atoms with Gasteiger partial charge in [0.1, 0.15) is 0 Å². The molecule has 9 atom stereocenters. The van der Waals surface area contributed by atoms with Crippen LogP contribution in [0.1, 0.15) is 132 Å². The van der Waals surface area contributed by atoms with Crippen molar-refractivity contribution in [1.82, 2.24) is 0 Å². The molecule has 4 rings (SSSR count). The molecule has 4 fully saturated rings. The zero-order valence-electron chi connectivity index (χ0n) is 25.2. The van der Waals surface area contributed by atoms with Gasteiger partial charge in [0.2, 0.25) is 0 Å². The summed E-state index contributed by atoms with van der Waals surface area (Å²) in [6, 6.07) is 0. The molecular formula is C33H60OS2. The maximum atomic E-state index is 12.2.